The van der Waals surface area contributed by atoms with E-state index in [9.17, 15) is 9.90 Å². The highest BCUT2D eigenvalue weighted by atomic mass is 35.5. The average molecular weight is 335 g/mol. The summed E-state index contributed by atoms with van der Waals surface area (Å²) in [5.74, 6) is -0.00316. The lowest BCUT2D eigenvalue weighted by Crippen LogP contribution is -2.25. The van der Waals surface area contributed by atoms with Gasteiger partial charge in [-0.15, -0.1) is 0 Å². The molecule has 4 rings (SSSR count). The zero-order valence-corrected chi connectivity index (χ0v) is 13.4. The molecule has 2 heterocycles. The van der Waals surface area contributed by atoms with E-state index in [1.165, 1.54) is 4.68 Å². The highest BCUT2D eigenvalue weighted by Gasteiger charge is 2.33. The van der Waals surface area contributed by atoms with E-state index in [1.807, 2.05) is 6.07 Å². The number of aliphatic hydroxyl groups is 1. The van der Waals surface area contributed by atoms with Crippen molar-refractivity contribution in [2.75, 3.05) is 5.73 Å². The van der Waals surface area contributed by atoms with Gasteiger partial charge in [-0.25, -0.2) is 0 Å². The Balaban J connectivity index is 1.71. The van der Waals surface area contributed by atoms with E-state index >= 15 is 0 Å². The van der Waals surface area contributed by atoms with Crippen molar-refractivity contribution in [3.63, 3.8) is 0 Å². The Morgan fingerprint density at radius 1 is 1.43 bits per heavy atom. The molecule has 0 bridgehead atoms. The van der Waals surface area contributed by atoms with Crippen molar-refractivity contribution in [3.05, 3.63) is 33.7 Å². The molecule has 2 aliphatic rings. The van der Waals surface area contributed by atoms with Crippen LogP contribution in [0.2, 0.25) is 5.15 Å². The predicted molar refractivity (Wildman–Crippen MR) is 86.8 cm³/mol. The van der Waals surface area contributed by atoms with E-state index in [4.69, 9.17) is 17.3 Å². The molecular formula is C16H19ClN4O2. The monoisotopic (exact) mass is 334 g/mol. The summed E-state index contributed by atoms with van der Waals surface area (Å²) >= 11 is 6.05. The van der Waals surface area contributed by atoms with Crippen LogP contribution in [0.25, 0.3) is 0 Å². The molecule has 0 unspecified atom stereocenters. The van der Waals surface area contributed by atoms with Crippen LogP contribution in [0.5, 0.6) is 0 Å². The number of carbonyl (C=O) groups is 1. The summed E-state index contributed by atoms with van der Waals surface area (Å²) in [5, 5.41) is 14.8. The molecule has 2 atom stereocenters. The minimum absolute atomic E-state index is 0.108. The van der Waals surface area contributed by atoms with Crippen molar-refractivity contribution in [2.24, 2.45) is 0 Å². The first kappa shape index (κ1) is 14.8. The fourth-order valence-corrected chi connectivity index (χ4v) is 4.01. The SMILES string of the molecule is Nc1c2c(nn1C(=O)[C@H]1CCCc3[nH]c(Cl)cc31)CC[C@@H](O)C2. The van der Waals surface area contributed by atoms with Gasteiger partial charge in [-0.2, -0.15) is 9.78 Å². The second-order valence-electron chi connectivity index (χ2n) is 6.45. The van der Waals surface area contributed by atoms with E-state index < -0.39 is 6.10 Å². The summed E-state index contributed by atoms with van der Waals surface area (Å²) in [6.07, 6.45) is 4.00. The fraction of sp³-hybridized carbons (Fsp3) is 0.500. The van der Waals surface area contributed by atoms with Crippen molar-refractivity contribution >= 4 is 23.3 Å². The molecule has 6 nitrogen and oxygen atoms in total. The molecule has 0 amide bonds. The topological polar surface area (TPSA) is 96.9 Å². The van der Waals surface area contributed by atoms with Crippen molar-refractivity contribution in [1.82, 2.24) is 14.8 Å². The number of nitrogens with two attached hydrogens (primary N) is 1. The molecule has 4 N–H and O–H groups in total. The number of hydrogen-bond donors (Lipinski definition) is 3. The Morgan fingerprint density at radius 2 is 2.26 bits per heavy atom. The van der Waals surface area contributed by atoms with Crippen LogP contribution >= 0.6 is 11.6 Å². The van der Waals surface area contributed by atoms with Gasteiger partial charge in [-0.05, 0) is 43.7 Å². The third kappa shape index (κ3) is 2.37. The Hall–Kier alpha value is -1.79. The van der Waals surface area contributed by atoms with E-state index in [2.05, 4.69) is 10.1 Å². The molecule has 0 radical (unpaired) electrons. The zero-order chi connectivity index (χ0) is 16.1. The summed E-state index contributed by atoms with van der Waals surface area (Å²) < 4.78 is 1.34. The van der Waals surface area contributed by atoms with Crippen molar-refractivity contribution in [2.45, 2.75) is 50.5 Å². The summed E-state index contributed by atoms with van der Waals surface area (Å²) in [5.41, 5.74) is 9.80. The van der Waals surface area contributed by atoms with Crippen LogP contribution in [-0.4, -0.2) is 31.9 Å². The first-order valence-corrected chi connectivity index (χ1v) is 8.38. The van der Waals surface area contributed by atoms with E-state index in [1.54, 1.807) is 0 Å². The number of aliphatic hydroxyl groups excluding tert-OH is 1. The predicted octanol–water partition coefficient (Wildman–Crippen LogP) is 2.06. The molecule has 2 aromatic rings. The number of fused-ring (bicyclic) bond motifs is 2. The highest BCUT2D eigenvalue weighted by Crippen LogP contribution is 2.36. The Kier molecular flexibility index (Phi) is 3.46. The molecule has 2 aliphatic carbocycles. The summed E-state index contributed by atoms with van der Waals surface area (Å²) in [7, 11) is 0. The van der Waals surface area contributed by atoms with Crippen LogP contribution in [0.4, 0.5) is 5.82 Å². The fourth-order valence-electron chi connectivity index (χ4n) is 3.78. The number of H-pyrrole nitrogens is 1. The number of aromatic amines is 1. The molecule has 0 aromatic carbocycles. The quantitative estimate of drug-likeness (QED) is 0.743. The maximum atomic E-state index is 13.0. The molecule has 0 aliphatic heterocycles. The number of halogens is 1. The minimum Gasteiger partial charge on any atom is -0.393 e. The first-order valence-electron chi connectivity index (χ1n) is 8.00. The Labute approximate surface area is 138 Å². The van der Waals surface area contributed by atoms with Gasteiger partial charge >= 0.3 is 0 Å². The third-order valence-corrected chi connectivity index (χ3v) is 5.17. The number of nitrogen functional groups attached to an aromatic ring is 1. The van der Waals surface area contributed by atoms with Crippen LogP contribution in [0.1, 0.15) is 52.5 Å². The van der Waals surface area contributed by atoms with E-state index in [-0.39, 0.29) is 11.8 Å². The second kappa shape index (κ2) is 5.39. The van der Waals surface area contributed by atoms with E-state index in [0.29, 0.717) is 30.2 Å². The largest absolute Gasteiger partial charge is 0.393 e. The van der Waals surface area contributed by atoms with Crippen molar-refractivity contribution in [3.8, 4) is 0 Å². The van der Waals surface area contributed by atoms with Gasteiger partial charge in [0, 0.05) is 17.7 Å². The lowest BCUT2D eigenvalue weighted by atomic mass is 9.86. The molecule has 0 saturated heterocycles. The normalized spacial score (nSPS) is 23.4. The molecular weight excluding hydrogens is 316 g/mol. The lowest BCUT2D eigenvalue weighted by molar-refractivity contribution is 0.0854. The van der Waals surface area contributed by atoms with Gasteiger partial charge in [0.2, 0.25) is 0 Å². The number of hydrogen-bond acceptors (Lipinski definition) is 4. The number of rotatable bonds is 1. The lowest BCUT2D eigenvalue weighted by Gasteiger charge is -2.21. The van der Waals surface area contributed by atoms with Crippen LogP contribution in [-0.2, 0) is 19.3 Å². The van der Waals surface area contributed by atoms with Crippen LogP contribution in [0.3, 0.4) is 0 Å². The Morgan fingerprint density at radius 3 is 3.09 bits per heavy atom. The number of nitrogens with one attached hydrogen (secondary N) is 1. The number of anilines is 1. The van der Waals surface area contributed by atoms with Crippen LogP contribution < -0.4 is 5.73 Å². The van der Waals surface area contributed by atoms with Crippen LogP contribution in [0, 0.1) is 0 Å². The van der Waals surface area contributed by atoms with Gasteiger partial charge in [0.05, 0.1) is 17.7 Å². The highest BCUT2D eigenvalue weighted by molar-refractivity contribution is 6.29. The number of nitrogens with zero attached hydrogens (tertiary/aromatic N) is 2. The van der Waals surface area contributed by atoms with Gasteiger partial charge in [0.25, 0.3) is 5.91 Å². The average Bonchev–Trinajstić information content (AvgIpc) is 3.06. The number of aromatic nitrogens is 3. The van der Waals surface area contributed by atoms with Gasteiger partial charge in [-0.3, -0.25) is 4.79 Å². The minimum atomic E-state index is -0.401. The van der Waals surface area contributed by atoms with Gasteiger partial charge < -0.3 is 15.8 Å². The third-order valence-electron chi connectivity index (χ3n) is 4.96. The molecule has 0 spiro atoms. The second-order valence-corrected chi connectivity index (χ2v) is 6.86. The molecule has 122 valence electrons. The zero-order valence-electron chi connectivity index (χ0n) is 12.7. The maximum absolute atomic E-state index is 13.0. The standard InChI is InChI=1S/C16H19ClN4O2/c17-14-7-10-9(2-1-3-12(10)19-14)16(23)21-15(18)11-6-8(22)4-5-13(11)20-21/h7-9,19,22H,1-6,18H2/t8-,9+/m1/s1. The molecule has 7 heteroatoms. The van der Waals surface area contributed by atoms with Crippen LogP contribution in [0.15, 0.2) is 6.07 Å². The molecule has 23 heavy (non-hydrogen) atoms. The Bertz CT molecular complexity index is 779. The van der Waals surface area contributed by atoms with E-state index in [0.717, 1.165) is 41.8 Å². The summed E-state index contributed by atoms with van der Waals surface area (Å²) in [6.45, 7) is 0. The van der Waals surface area contributed by atoms with Crippen molar-refractivity contribution in [1.29, 1.82) is 0 Å². The first-order chi connectivity index (χ1) is 11.0. The summed E-state index contributed by atoms with van der Waals surface area (Å²) in [4.78, 5) is 16.1. The van der Waals surface area contributed by atoms with Crippen molar-refractivity contribution < 1.29 is 9.90 Å². The molecule has 0 fully saturated rings. The number of aryl methyl sites for hydroxylation is 2. The van der Waals surface area contributed by atoms with Gasteiger partial charge in [0.15, 0.2) is 0 Å². The van der Waals surface area contributed by atoms with Gasteiger partial charge in [0.1, 0.15) is 11.0 Å². The summed E-state index contributed by atoms with van der Waals surface area (Å²) in [6, 6.07) is 1.84. The molecule has 0 saturated carbocycles. The van der Waals surface area contributed by atoms with Gasteiger partial charge in [-0.1, -0.05) is 11.6 Å². The maximum Gasteiger partial charge on any atom is 0.256 e. The number of carbonyl (C=O) groups excluding carboxylic acids is 1. The molecule has 2 aromatic heterocycles. The smallest absolute Gasteiger partial charge is 0.256 e.